The van der Waals surface area contributed by atoms with Crippen LogP contribution in [-0.2, 0) is 9.53 Å². The Morgan fingerprint density at radius 3 is 2.29 bits per heavy atom. The van der Waals surface area contributed by atoms with E-state index in [1.807, 2.05) is 4.90 Å². The summed E-state index contributed by atoms with van der Waals surface area (Å²) in [5, 5.41) is 0. The standard InChI is InChI=1S/C23H35N3O2/c1-18-15-21(24(3)4)16-19(2)22(18)6-5-20-7-9-26(10-8-20)23(27)17-25-11-13-28-14-12-25/h5-6,15-16,20H,7-14,17H2,1-4H3. The highest BCUT2D eigenvalue weighted by atomic mass is 16.5. The molecule has 0 atom stereocenters. The van der Waals surface area contributed by atoms with E-state index in [1.54, 1.807) is 0 Å². The SMILES string of the molecule is Cc1cc(N(C)C)cc(C)c1C=CC1CCN(C(=O)CN2CCOCC2)CC1. The Balaban J connectivity index is 1.52. The molecule has 5 nitrogen and oxygen atoms in total. The fourth-order valence-electron chi connectivity index (χ4n) is 4.10. The van der Waals surface area contributed by atoms with Gasteiger partial charge in [0.05, 0.1) is 19.8 Å². The van der Waals surface area contributed by atoms with Crippen molar-refractivity contribution >= 4 is 17.7 Å². The Morgan fingerprint density at radius 2 is 1.71 bits per heavy atom. The van der Waals surface area contributed by atoms with Gasteiger partial charge in [-0.1, -0.05) is 12.2 Å². The first-order chi connectivity index (χ1) is 13.4. The number of allylic oxidation sites excluding steroid dienone is 1. The maximum absolute atomic E-state index is 12.6. The molecule has 1 amide bonds. The minimum absolute atomic E-state index is 0.273. The average molecular weight is 386 g/mol. The predicted molar refractivity (Wildman–Crippen MR) is 116 cm³/mol. The largest absolute Gasteiger partial charge is 0.379 e. The number of benzene rings is 1. The monoisotopic (exact) mass is 385 g/mol. The number of carbonyl (C=O) groups excluding carboxylic acids is 1. The second-order valence-electron chi connectivity index (χ2n) is 8.35. The summed E-state index contributed by atoms with van der Waals surface area (Å²) in [7, 11) is 4.16. The molecule has 3 rings (SSSR count). The zero-order valence-electron chi connectivity index (χ0n) is 17.9. The average Bonchev–Trinajstić information content (AvgIpc) is 2.68. The molecule has 28 heavy (non-hydrogen) atoms. The molecule has 0 saturated carbocycles. The van der Waals surface area contributed by atoms with Gasteiger partial charge in [0.1, 0.15) is 0 Å². The number of nitrogens with zero attached hydrogens (tertiary/aromatic N) is 3. The number of rotatable bonds is 5. The van der Waals surface area contributed by atoms with E-state index in [2.05, 4.69) is 62.0 Å². The fourth-order valence-corrected chi connectivity index (χ4v) is 4.10. The van der Waals surface area contributed by atoms with Crippen molar-refractivity contribution in [1.29, 1.82) is 0 Å². The van der Waals surface area contributed by atoms with Crippen molar-refractivity contribution in [2.45, 2.75) is 26.7 Å². The molecule has 0 bridgehead atoms. The number of anilines is 1. The summed E-state index contributed by atoms with van der Waals surface area (Å²) in [5.41, 5.74) is 5.21. The molecule has 0 aliphatic carbocycles. The topological polar surface area (TPSA) is 36.0 Å². The summed E-state index contributed by atoms with van der Waals surface area (Å²) in [5.74, 6) is 0.829. The van der Waals surface area contributed by atoms with E-state index in [-0.39, 0.29) is 5.91 Å². The van der Waals surface area contributed by atoms with Gasteiger partial charge in [0.2, 0.25) is 5.91 Å². The molecule has 0 radical (unpaired) electrons. The lowest BCUT2D eigenvalue weighted by atomic mass is 9.93. The van der Waals surface area contributed by atoms with Crippen LogP contribution in [0.2, 0.25) is 0 Å². The highest BCUT2D eigenvalue weighted by Gasteiger charge is 2.23. The number of morpholine rings is 1. The van der Waals surface area contributed by atoms with E-state index in [9.17, 15) is 4.79 Å². The third-order valence-corrected chi connectivity index (χ3v) is 5.98. The Hall–Kier alpha value is -1.85. The van der Waals surface area contributed by atoms with Crippen LogP contribution in [0.3, 0.4) is 0 Å². The first kappa shape index (κ1) is 20.9. The number of aryl methyl sites for hydroxylation is 2. The van der Waals surface area contributed by atoms with Crippen molar-refractivity contribution in [2.75, 3.05) is 64.9 Å². The minimum atomic E-state index is 0.273. The summed E-state index contributed by atoms with van der Waals surface area (Å²) in [4.78, 5) is 19.0. The van der Waals surface area contributed by atoms with Crippen LogP contribution in [0.4, 0.5) is 5.69 Å². The molecule has 0 spiro atoms. The highest BCUT2D eigenvalue weighted by Crippen LogP contribution is 2.25. The zero-order valence-corrected chi connectivity index (χ0v) is 17.9. The van der Waals surface area contributed by atoms with Crippen LogP contribution >= 0.6 is 0 Å². The molecular weight excluding hydrogens is 350 g/mol. The van der Waals surface area contributed by atoms with Crippen LogP contribution in [0.1, 0.15) is 29.5 Å². The Morgan fingerprint density at radius 1 is 1.11 bits per heavy atom. The van der Waals surface area contributed by atoms with Crippen LogP contribution in [0.15, 0.2) is 18.2 Å². The lowest BCUT2D eigenvalue weighted by Crippen LogP contribution is -2.46. The molecule has 154 valence electrons. The minimum Gasteiger partial charge on any atom is -0.379 e. The number of amides is 1. The summed E-state index contributed by atoms with van der Waals surface area (Å²) in [6.07, 6.45) is 6.76. The van der Waals surface area contributed by atoms with Gasteiger partial charge in [-0.15, -0.1) is 0 Å². The van der Waals surface area contributed by atoms with Gasteiger partial charge in [-0.25, -0.2) is 0 Å². The highest BCUT2D eigenvalue weighted by molar-refractivity contribution is 5.78. The Bertz CT molecular complexity index is 677. The molecule has 2 fully saturated rings. The Kier molecular flexibility index (Phi) is 7.13. The smallest absolute Gasteiger partial charge is 0.236 e. The van der Waals surface area contributed by atoms with Crippen LogP contribution in [0, 0.1) is 19.8 Å². The number of likely N-dealkylation sites (tertiary alicyclic amines) is 1. The van der Waals surface area contributed by atoms with Crippen molar-refractivity contribution in [3.8, 4) is 0 Å². The summed E-state index contributed by atoms with van der Waals surface area (Å²) >= 11 is 0. The van der Waals surface area contributed by atoms with Crippen LogP contribution in [0.25, 0.3) is 6.08 Å². The molecule has 2 saturated heterocycles. The van der Waals surface area contributed by atoms with Crippen molar-refractivity contribution in [3.63, 3.8) is 0 Å². The maximum Gasteiger partial charge on any atom is 0.236 e. The summed E-state index contributed by atoms with van der Waals surface area (Å²) in [6, 6.07) is 4.50. The third-order valence-electron chi connectivity index (χ3n) is 5.98. The molecule has 1 aromatic carbocycles. The van der Waals surface area contributed by atoms with E-state index >= 15 is 0 Å². The molecule has 2 heterocycles. The lowest BCUT2D eigenvalue weighted by Gasteiger charge is -2.33. The van der Waals surface area contributed by atoms with Crippen LogP contribution in [0.5, 0.6) is 0 Å². The molecule has 0 unspecified atom stereocenters. The fraction of sp³-hybridized carbons (Fsp3) is 0.609. The van der Waals surface area contributed by atoms with Gasteiger partial charge < -0.3 is 14.5 Å². The number of hydrogen-bond donors (Lipinski definition) is 0. The van der Waals surface area contributed by atoms with Gasteiger partial charge in [0.15, 0.2) is 0 Å². The van der Waals surface area contributed by atoms with E-state index in [4.69, 9.17) is 4.74 Å². The van der Waals surface area contributed by atoms with E-state index in [0.29, 0.717) is 12.5 Å². The first-order valence-corrected chi connectivity index (χ1v) is 10.5. The number of carbonyl (C=O) groups is 1. The van der Waals surface area contributed by atoms with E-state index < -0.39 is 0 Å². The second-order valence-corrected chi connectivity index (χ2v) is 8.35. The number of hydrogen-bond acceptors (Lipinski definition) is 4. The van der Waals surface area contributed by atoms with Gasteiger partial charge in [-0.05, 0) is 61.4 Å². The van der Waals surface area contributed by atoms with Crippen molar-refractivity contribution in [1.82, 2.24) is 9.80 Å². The van der Waals surface area contributed by atoms with Crippen molar-refractivity contribution in [3.05, 3.63) is 34.9 Å². The molecule has 0 N–H and O–H groups in total. The van der Waals surface area contributed by atoms with Crippen LogP contribution in [-0.4, -0.2) is 75.7 Å². The molecular formula is C23H35N3O2. The van der Waals surface area contributed by atoms with Gasteiger partial charge >= 0.3 is 0 Å². The normalized spacial score (nSPS) is 19.4. The van der Waals surface area contributed by atoms with Gasteiger partial charge in [0, 0.05) is 46.0 Å². The Labute approximate surface area is 169 Å². The summed E-state index contributed by atoms with van der Waals surface area (Å²) in [6.45, 7) is 9.89. The molecule has 2 aliphatic rings. The maximum atomic E-state index is 12.6. The number of piperidine rings is 1. The van der Waals surface area contributed by atoms with E-state index in [1.165, 1.54) is 22.4 Å². The summed E-state index contributed by atoms with van der Waals surface area (Å²) < 4.78 is 5.36. The first-order valence-electron chi connectivity index (χ1n) is 10.5. The van der Waals surface area contributed by atoms with E-state index in [0.717, 1.165) is 52.2 Å². The molecule has 0 aromatic heterocycles. The van der Waals surface area contributed by atoms with Crippen LogP contribution < -0.4 is 4.90 Å². The van der Waals surface area contributed by atoms with Crippen molar-refractivity contribution < 1.29 is 9.53 Å². The quantitative estimate of drug-likeness (QED) is 0.781. The second kappa shape index (κ2) is 9.57. The van der Waals surface area contributed by atoms with Gasteiger partial charge in [-0.2, -0.15) is 0 Å². The van der Waals surface area contributed by atoms with Gasteiger partial charge in [-0.3, -0.25) is 9.69 Å². The molecule has 2 aliphatic heterocycles. The number of ether oxygens (including phenoxy) is 1. The third kappa shape index (κ3) is 5.36. The predicted octanol–water partition coefficient (Wildman–Crippen LogP) is 2.95. The molecule has 1 aromatic rings. The lowest BCUT2D eigenvalue weighted by molar-refractivity contribution is -0.134. The zero-order chi connectivity index (χ0) is 20.1. The van der Waals surface area contributed by atoms with Gasteiger partial charge in [0.25, 0.3) is 0 Å². The van der Waals surface area contributed by atoms with Crippen molar-refractivity contribution in [2.24, 2.45) is 5.92 Å². The molecule has 5 heteroatoms.